The summed E-state index contributed by atoms with van der Waals surface area (Å²) in [7, 11) is 0. The van der Waals surface area contributed by atoms with E-state index in [1.165, 1.54) is 0 Å². The van der Waals surface area contributed by atoms with Gasteiger partial charge in [-0.15, -0.1) is 0 Å². The minimum Gasteiger partial charge on any atom is -0.371 e. The van der Waals surface area contributed by atoms with Crippen LogP contribution in [0.15, 0.2) is 18.2 Å². The molecule has 18 heavy (non-hydrogen) atoms. The molecule has 0 bridgehead atoms. The van der Waals surface area contributed by atoms with Gasteiger partial charge in [-0.25, -0.2) is 8.78 Å². The highest BCUT2D eigenvalue weighted by Gasteiger charge is 2.34. The number of hydrogen-bond donors (Lipinski definition) is 0. The molecule has 1 fully saturated rings. The van der Waals surface area contributed by atoms with Crippen LogP contribution < -0.4 is 4.90 Å². The Morgan fingerprint density at radius 2 is 2.00 bits per heavy atom. The second-order valence-corrected chi connectivity index (χ2v) is 4.79. The number of anilines is 1. The molecular formula is C14H16F2N2. The van der Waals surface area contributed by atoms with Crippen molar-refractivity contribution in [1.82, 2.24) is 0 Å². The Hall–Kier alpha value is -1.63. The summed E-state index contributed by atoms with van der Waals surface area (Å²) in [4.78, 5) is 1.97. The quantitative estimate of drug-likeness (QED) is 0.805. The average molecular weight is 250 g/mol. The van der Waals surface area contributed by atoms with E-state index in [-0.39, 0.29) is 12.8 Å². The van der Waals surface area contributed by atoms with Gasteiger partial charge in [-0.05, 0) is 30.2 Å². The fourth-order valence-corrected chi connectivity index (χ4v) is 2.22. The molecule has 0 saturated carbocycles. The molecule has 0 N–H and O–H groups in total. The summed E-state index contributed by atoms with van der Waals surface area (Å²) in [6, 6.07) is 7.97. The molecule has 0 radical (unpaired) electrons. The minimum atomic E-state index is -2.52. The van der Waals surface area contributed by atoms with Crippen molar-refractivity contribution in [2.24, 2.45) is 0 Å². The maximum Gasteiger partial charge on any atom is 0.251 e. The Morgan fingerprint density at radius 1 is 1.33 bits per heavy atom. The number of alkyl halides is 2. The van der Waals surface area contributed by atoms with Gasteiger partial charge in [0, 0.05) is 31.6 Å². The lowest BCUT2D eigenvalue weighted by Gasteiger charge is -2.33. The van der Waals surface area contributed by atoms with Crippen molar-refractivity contribution in [3.05, 3.63) is 29.3 Å². The molecule has 0 atom stereocenters. The first-order valence-electron chi connectivity index (χ1n) is 6.11. The Morgan fingerprint density at radius 3 is 2.61 bits per heavy atom. The number of halogens is 2. The van der Waals surface area contributed by atoms with E-state index in [9.17, 15) is 8.78 Å². The van der Waals surface area contributed by atoms with Crippen molar-refractivity contribution in [3.63, 3.8) is 0 Å². The predicted molar refractivity (Wildman–Crippen MR) is 66.9 cm³/mol. The molecule has 96 valence electrons. The van der Waals surface area contributed by atoms with Gasteiger partial charge in [-0.1, -0.05) is 6.07 Å². The Bertz CT molecular complexity index is 467. The summed E-state index contributed by atoms with van der Waals surface area (Å²) in [6.45, 7) is 2.71. The summed E-state index contributed by atoms with van der Waals surface area (Å²) in [5, 5.41) is 8.75. The molecule has 0 aliphatic carbocycles. The maximum absolute atomic E-state index is 13.1. The van der Waals surface area contributed by atoms with E-state index < -0.39 is 5.92 Å². The smallest absolute Gasteiger partial charge is 0.251 e. The van der Waals surface area contributed by atoms with Crippen molar-refractivity contribution in [3.8, 4) is 6.07 Å². The number of piperidine rings is 1. The molecule has 2 nitrogen and oxygen atoms in total. The van der Waals surface area contributed by atoms with E-state index in [1.807, 2.05) is 30.0 Å². The highest BCUT2D eigenvalue weighted by molar-refractivity contribution is 5.51. The third-order valence-corrected chi connectivity index (χ3v) is 3.46. The van der Waals surface area contributed by atoms with E-state index in [0.29, 0.717) is 19.5 Å². The number of hydrogen-bond acceptors (Lipinski definition) is 2. The Labute approximate surface area is 106 Å². The van der Waals surface area contributed by atoms with Crippen LogP contribution in [0.25, 0.3) is 0 Å². The number of nitrogens with zero attached hydrogens (tertiary/aromatic N) is 2. The molecule has 1 heterocycles. The van der Waals surface area contributed by atoms with Gasteiger partial charge in [0.15, 0.2) is 0 Å². The zero-order valence-corrected chi connectivity index (χ0v) is 10.4. The maximum atomic E-state index is 13.1. The van der Waals surface area contributed by atoms with Crippen LogP contribution in [-0.2, 0) is 6.42 Å². The fourth-order valence-electron chi connectivity index (χ4n) is 2.22. The number of nitriles is 1. The standard InChI is InChI=1S/C14H16F2N2/c1-11-2-3-13(10-12(11)4-7-17)18-8-5-14(15,16)6-9-18/h2-3,10H,4-6,8-9H2,1H3. The molecule has 0 unspecified atom stereocenters. The monoisotopic (exact) mass is 250 g/mol. The molecule has 1 aliphatic rings. The molecule has 2 rings (SSSR count). The van der Waals surface area contributed by atoms with Crippen molar-refractivity contribution in [1.29, 1.82) is 5.26 Å². The number of rotatable bonds is 2. The van der Waals surface area contributed by atoms with Crippen molar-refractivity contribution in [2.45, 2.75) is 32.1 Å². The van der Waals surface area contributed by atoms with Crippen LogP contribution in [0.3, 0.4) is 0 Å². The second-order valence-electron chi connectivity index (χ2n) is 4.79. The van der Waals surface area contributed by atoms with Crippen LogP contribution in [0.1, 0.15) is 24.0 Å². The van der Waals surface area contributed by atoms with E-state index >= 15 is 0 Å². The molecule has 1 saturated heterocycles. The summed E-state index contributed by atoms with van der Waals surface area (Å²) >= 11 is 0. The zero-order valence-electron chi connectivity index (χ0n) is 10.4. The average Bonchev–Trinajstić information content (AvgIpc) is 2.32. The van der Waals surface area contributed by atoms with Crippen molar-refractivity contribution in [2.75, 3.05) is 18.0 Å². The number of benzene rings is 1. The van der Waals surface area contributed by atoms with Gasteiger partial charge in [0.1, 0.15) is 0 Å². The van der Waals surface area contributed by atoms with Crippen molar-refractivity contribution < 1.29 is 8.78 Å². The van der Waals surface area contributed by atoms with E-state index in [0.717, 1.165) is 16.8 Å². The molecule has 0 spiro atoms. The van der Waals surface area contributed by atoms with E-state index in [4.69, 9.17) is 5.26 Å². The molecule has 1 aliphatic heterocycles. The van der Waals surface area contributed by atoms with Gasteiger partial charge in [-0.2, -0.15) is 5.26 Å². The normalized spacial score (nSPS) is 18.4. The lowest BCUT2D eigenvalue weighted by atomic mass is 10.0. The SMILES string of the molecule is Cc1ccc(N2CCC(F)(F)CC2)cc1CC#N. The topological polar surface area (TPSA) is 27.0 Å². The van der Waals surface area contributed by atoms with Crippen LogP contribution in [0, 0.1) is 18.3 Å². The van der Waals surface area contributed by atoms with Gasteiger partial charge in [0.25, 0.3) is 5.92 Å². The molecule has 4 heteroatoms. The number of aryl methyl sites for hydroxylation is 1. The first kappa shape index (κ1) is 12.8. The van der Waals surface area contributed by atoms with Gasteiger partial charge in [-0.3, -0.25) is 0 Å². The summed E-state index contributed by atoms with van der Waals surface area (Å²) in [5.41, 5.74) is 3.00. The molecule has 0 amide bonds. The van der Waals surface area contributed by atoms with Crippen LogP contribution in [0.2, 0.25) is 0 Å². The molecule has 1 aromatic carbocycles. The molecule has 0 aromatic heterocycles. The van der Waals surface area contributed by atoms with Gasteiger partial charge in [0.2, 0.25) is 0 Å². The van der Waals surface area contributed by atoms with Gasteiger partial charge in [0.05, 0.1) is 12.5 Å². The lowest BCUT2D eigenvalue weighted by Crippen LogP contribution is -2.39. The highest BCUT2D eigenvalue weighted by Crippen LogP contribution is 2.31. The lowest BCUT2D eigenvalue weighted by molar-refractivity contribution is -0.0220. The third-order valence-electron chi connectivity index (χ3n) is 3.46. The van der Waals surface area contributed by atoms with Gasteiger partial charge < -0.3 is 4.90 Å². The van der Waals surface area contributed by atoms with E-state index in [1.54, 1.807) is 0 Å². The summed E-state index contributed by atoms with van der Waals surface area (Å²) in [5.74, 6) is -2.52. The minimum absolute atomic E-state index is 0.0888. The van der Waals surface area contributed by atoms with Gasteiger partial charge >= 0.3 is 0 Å². The van der Waals surface area contributed by atoms with E-state index in [2.05, 4.69) is 6.07 Å². The summed E-state index contributed by atoms with van der Waals surface area (Å²) in [6.07, 6.45) is 0.187. The summed E-state index contributed by atoms with van der Waals surface area (Å²) < 4.78 is 26.2. The Balaban J connectivity index is 2.15. The second kappa shape index (κ2) is 4.93. The molecule has 1 aromatic rings. The predicted octanol–water partition coefficient (Wildman–Crippen LogP) is 3.30. The largest absolute Gasteiger partial charge is 0.371 e. The highest BCUT2D eigenvalue weighted by atomic mass is 19.3. The van der Waals surface area contributed by atoms with Crippen LogP contribution in [0.4, 0.5) is 14.5 Å². The third kappa shape index (κ3) is 2.79. The first-order valence-corrected chi connectivity index (χ1v) is 6.11. The Kier molecular flexibility index (Phi) is 3.51. The van der Waals surface area contributed by atoms with Crippen LogP contribution in [-0.4, -0.2) is 19.0 Å². The zero-order chi connectivity index (χ0) is 13.2. The first-order chi connectivity index (χ1) is 8.52. The molecular weight excluding hydrogens is 234 g/mol. The fraction of sp³-hybridized carbons (Fsp3) is 0.500. The van der Waals surface area contributed by atoms with Crippen LogP contribution >= 0.6 is 0 Å². The van der Waals surface area contributed by atoms with Crippen molar-refractivity contribution >= 4 is 5.69 Å². The van der Waals surface area contributed by atoms with Crippen LogP contribution in [0.5, 0.6) is 0 Å².